The Kier molecular flexibility index (Phi) is 12.7. The molecule has 3 unspecified atom stereocenters. The molecule has 0 aromatic rings. The van der Waals surface area contributed by atoms with Gasteiger partial charge in [-0.15, -0.1) is 0 Å². The number of carboxylic acids is 1. The summed E-state index contributed by atoms with van der Waals surface area (Å²) < 4.78 is 0. The van der Waals surface area contributed by atoms with Gasteiger partial charge in [0.25, 0.3) is 0 Å². The number of carbonyl (C=O) groups is 5. The summed E-state index contributed by atoms with van der Waals surface area (Å²) in [6.07, 6.45) is 2.06. The fraction of sp³-hybridized carbons (Fsp3) is 0.706. The molecule has 0 aromatic heterocycles. The largest absolute Gasteiger partial charge is 0.480 e. The first-order valence-electron chi connectivity index (χ1n) is 9.12. The van der Waals surface area contributed by atoms with E-state index in [0.29, 0.717) is 5.75 Å². The molecule has 0 radical (unpaired) electrons. The maximum Gasteiger partial charge on any atom is 0.326 e. The Morgan fingerprint density at radius 2 is 1.66 bits per heavy atom. The third-order valence-electron chi connectivity index (χ3n) is 3.95. The molecule has 0 aliphatic rings. The van der Waals surface area contributed by atoms with Crippen molar-refractivity contribution in [2.75, 3.05) is 18.6 Å². The fourth-order valence-electron chi connectivity index (χ4n) is 2.24. The lowest BCUT2D eigenvalue weighted by molar-refractivity contribution is -0.141. The number of carbonyl (C=O) groups excluding carboxylic acids is 4. The molecule has 0 heterocycles. The van der Waals surface area contributed by atoms with Crippen molar-refractivity contribution in [2.24, 2.45) is 17.4 Å². The summed E-state index contributed by atoms with van der Waals surface area (Å²) >= 11 is 1.45. The quantitative estimate of drug-likeness (QED) is 0.184. The van der Waals surface area contributed by atoms with Crippen LogP contribution >= 0.6 is 11.8 Å². The van der Waals surface area contributed by atoms with E-state index in [4.69, 9.17) is 16.6 Å². The predicted octanol–water partition coefficient (Wildman–Crippen LogP) is -1.84. The van der Waals surface area contributed by atoms with Crippen molar-refractivity contribution in [2.45, 2.75) is 51.2 Å². The number of primary amides is 1. The van der Waals surface area contributed by atoms with Crippen molar-refractivity contribution >= 4 is 41.4 Å². The van der Waals surface area contributed by atoms with Gasteiger partial charge in [-0.3, -0.25) is 19.2 Å². The van der Waals surface area contributed by atoms with Gasteiger partial charge in [-0.1, -0.05) is 13.8 Å². The van der Waals surface area contributed by atoms with Crippen LogP contribution in [-0.4, -0.2) is 71.4 Å². The molecule has 12 heteroatoms. The van der Waals surface area contributed by atoms with Crippen LogP contribution in [0.2, 0.25) is 0 Å². The summed E-state index contributed by atoms with van der Waals surface area (Å²) in [5.41, 5.74) is 10.7. The first-order chi connectivity index (χ1) is 13.5. The maximum atomic E-state index is 12.4. The molecule has 0 spiro atoms. The average molecular weight is 434 g/mol. The normalized spacial score (nSPS) is 13.8. The molecule has 3 atom stereocenters. The Labute approximate surface area is 174 Å². The minimum absolute atomic E-state index is 0.0443. The van der Waals surface area contributed by atoms with Gasteiger partial charge in [-0.25, -0.2) is 4.79 Å². The lowest BCUT2D eigenvalue weighted by Gasteiger charge is -2.23. The van der Waals surface area contributed by atoms with Crippen LogP contribution in [-0.2, 0) is 24.0 Å². The molecule has 29 heavy (non-hydrogen) atoms. The van der Waals surface area contributed by atoms with Gasteiger partial charge in [0.05, 0.1) is 12.6 Å². The monoisotopic (exact) mass is 433 g/mol. The molecule has 0 fully saturated rings. The van der Waals surface area contributed by atoms with Crippen LogP contribution in [0.15, 0.2) is 0 Å². The number of nitrogens with one attached hydrogen (secondary N) is 3. The summed E-state index contributed by atoms with van der Waals surface area (Å²) in [7, 11) is 0. The zero-order valence-electron chi connectivity index (χ0n) is 16.9. The zero-order chi connectivity index (χ0) is 22.6. The van der Waals surface area contributed by atoms with Gasteiger partial charge in [-0.2, -0.15) is 11.8 Å². The smallest absolute Gasteiger partial charge is 0.326 e. The lowest BCUT2D eigenvalue weighted by atomic mass is 10.0. The fourth-order valence-corrected chi connectivity index (χ4v) is 2.71. The highest BCUT2D eigenvalue weighted by Crippen LogP contribution is 2.04. The minimum Gasteiger partial charge on any atom is -0.480 e. The highest BCUT2D eigenvalue weighted by atomic mass is 32.2. The van der Waals surface area contributed by atoms with Crippen LogP contribution in [0.5, 0.6) is 0 Å². The second-order valence-corrected chi connectivity index (χ2v) is 7.78. The first-order valence-corrected chi connectivity index (χ1v) is 10.5. The van der Waals surface area contributed by atoms with Gasteiger partial charge in [0.2, 0.25) is 23.6 Å². The van der Waals surface area contributed by atoms with Crippen LogP contribution in [0.25, 0.3) is 0 Å². The van der Waals surface area contributed by atoms with Crippen molar-refractivity contribution in [3.63, 3.8) is 0 Å². The average Bonchev–Trinajstić information content (AvgIpc) is 2.64. The van der Waals surface area contributed by atoms with E-state index in [1.165, 1.54) is 11.8 Å². The molecule has 0 aliphatic carbocycles. The van der Waals surface area contributed by atoms with Gasteiger partial charge in [0, 0.05) is 6.42 Å². The molecule has 166 valence electrons. The van der Waals surface area contributed by atoms with E-state index in [0.717, 1.165) is 0 Å². The molecule has 4 amide bonds. The van der Waals surface area contributed by atoms with Crippen LogP contribution in [0.4, 0.5) is 0 Å². The molecule has 0 aliphatic heterocycles. The van der Waals surface area contributed by atoms with E-state index in [1.54, 1.807) is 13.8 Å². The first kappa shape index (κ1) is 26.7. The van der Waals surface area contributed by atoms with Crippen molar-refractivity contribution < 1.29 is 29.1 Å². The number of nitrogens with two attached hydrogens (primary N) is 2. The summed E-state index contributed by atoms with van der Waals surface area (Å²) in [6, 6.07) is -3.01. The molecular formula is C17H31N5O6S. The zero-order valence-corrected chi connectivity index (χ0v) is 17.7. The number of amides is 4. The Bertz CT molecular complexity index is 601. The van der Waals surface area contributed by atoms with Gasteiger partial charge in [-0.05, 0) is 30.8 Å². The van der Waals surface area contributed by atoms with E-state index in [9.17, 15) is 24.0 Å². The molecule has 8 N–H and O–H groups in total. The molecule has 0 saturated heterocycles. The van der Waals surface area contributed by atoms with Crippen molar-refractivity contribution in [3.05, 3.63) is 0 Å². The summed E-state index contributed by atoms with van der Waals surface area (Å²) in [4.78, 5) is 58.4. The molecule has 0 aromatic carbocycles. The molecular weight excluding hydrogens is 402 g/mol. The van der Waals surface area contributed by atoms with Gasteiger partial charge in [0.1, 0.15) is 12.1 Å². The number of aliphatic carboxylic acids is 1. The van der Waals surface area contributed by atoms with Crippen molar-refractivity contribution in [1.82, 2.24) is 16.0 Å². The topological polar surface area (TPSA) is 194 Å². The van der Waals surface area contributed by atoms with E-state index in [2.05, 4.69) is 16.0 Å². The van der Waals surface area contributed by atoms with Crippen LogP contribution in [0.3, 0.4) is 0 Å². The summed E-state index contributed by atoms with van der Waals surface area (Å²) in [6.45, 7) is 2.96. The van der Waals surface area contributed by atoms with E-state index in [1.807, 2.05) is 6.26 Å². The van der Waals surface area contributed by atoms with Crippen molar-refractivity contribution in [1.29, 1.82) is 0 Å². The second kappa shape index (κ2) is 13.8. The second-order valence-electron chi connectivity index (χ2n) is 6.80. The highest BCUT2D eigenvalue weighted by molar-refractivity contribution is 7.98. The van der Waals surface area contributed by atoms with Gasteiger partial charge >= 0.3 is 5.97 Å². The number of rotatable bonds is 14. The Hall–Kier alpha value is -2.34. The molecule has 0 rings (SSSR count). The maximum absolute atomic E-state index is 12.4. The minimum atomic E-state index is -1.16. The van der Waals surface area contributed by atoms with Crippen LogP contribution in [0.1, 0.15) is 33.1 Å². The Morgan fingerprint density at radius 1 is 1.03 bits per heavy atom. The number of carboxylic acid groups (broad SMARTS) is 1. The Morgan fingerprint density at radius 3 is 2.14 bits per heavy atom. The highest BCUT2D eigenvalue weighted by Gasteiger charge is 2.27. The van der Waals surface area contributed by atoms with E-state index >= 15 is 0 Å². The number of thioether (sulfide) groups is 1. The predicted molar refractivity (Wildman–Crippen MR) is 109 cm³/mol. The van der Waals surface area contributed by atoms with Gasteiger partial charge in [0.15, 0.2) is 0 Å². The van der Waals surface area contributed by atoms with Crippen LogP contribution in [0, 0.1) is 5.92 Å². The van der Waals surface area contributed by atoms with E-state index in [-0.39, 0.29) is 25.2 Å². The number of hydrogen-bond donors (Lipinski definition) is 6. The van der Waals surface area contributed by atoms with Gasteiger partial charge < -0.3 is 32.5 Å². The molecule has 0 bridgehead atoms. The molecule has 0 saturated carbocycles. The lowest BCUT2D eigenvalue weighted by Crippen LogP contribution is -2.55. The Balaban J connectivity index is 4.70. The standard InChI is InChI=1S/C17H31N5O6S/c1-9(2)14(22-15(25)10(18)4-5-12(19)23)16(26)20-8-13(24)21-11(17(27)28)6-7-29-3/h9-11,14H,4-8,18H2,1-3H3,(H2,19,23)(H,20,26)(H,21,24)(H,22,25)(H,27,28). The third-order valence-corrected chi connectivity index (χ3v) is 4.60. The van der Waals surface area contributed by atoms with Crippen LogP contribution < -0.4 is 27.4 Å². The third kappa shape index (κ3) is 11.3. The molecule has 11 nitrogen and oxygen atoms in total. The SMILES string of the molecule is CSCCC(NC(=O)CNC(=O)C(NC(=O)C(N)CCC(N)=O)C(C)C)C(=O)O. The van der Waals surface area contributed by atoms with Crippen molar-refractivity contribution in [3.8, 4) is 0 Å². The van der Waals surface area contributed by atoms with E-state index < -0.39 is 54.3 Å². The number of hydrogen-bond acceptors (Lipinski definition) is 7. The summed E-state index contributed by atoms with van der Waals surface area (Å²) in [5, 5.41) is 16.3. The summed E-state index contributed by atoms with van der Waals surface area (Å²) in [5.74, 6) is -3.38.